The van der Waals surface area contributed by atoms with Gasteiger partial charge in [0, 0.05) is 11.2 Å². The average Bonchev–Trinajstić information content (AvgIpc) is 3.29. The van der Waals surface area contributed by atoms with E-state index in [0.717, 1.165) is 5.75 Å². The van der Waals surface area contributed by atoms with Gasteiger partial charge in [-0.1, -0.05) is 140 Å². The van der Waals surface area contributed by atoms with Crippen molar-refractivity contribution in [1.29, 1.82) is 0 Å². The predicted octanol–water partition coefficient (Wildman–Crippen LogP) is 10.6. The maximum atomic E-state index is 4.90. The second kappa shape index (κ2) is 10.0. The van der Waals surface area contributed by atoms with Crippen molar-refractivity contribution in [2.75, 3.05) is 5.75 Å². The van der Waals surface area contributed by atoms with Gasteiger partial charge >= 0.3 is 0 Å². The molecule has 0 aromatic heterocycles. The zero-order valence-electron chi connectivity index (χ0n) is 22.5. The number of fused-ring (bicyclic) bond motifs is 3. The van der Waals surface area contributed by atoms with Crippen LogP contribution in [0, 0.1) is 0 Å². The summed E-state index contributed by atoms with van der Waals surface area (Å²) in [7, 11) is 0. The first-order chi connectivity index (χ1) is 19.6. The zero-order valence-corrected chi connectivity index (χ0v) is 23.4. The van der Waals surface area contributed by atoms with Gasteiger partial charge in [0.1, 0.15) is 0 Å². The highest BCUT2D eigenvalue weighted by Crippen LogP contribution is 2.51. The smallest absolute Gasteiger partial charge is 0.0275 e. The average molecular weight is 531 g/mol. The molecule has 1 aliphatic rings. The maximum absolute atomic E-state index is 4.90. The second-order valence-electron chi connectivity index (χ2n) is 10.9. The lowest BCUT2D eigenvalue weighted by Gasteiger charge is -2.26. The van der Waals surface area contributed by atoms with E-state index in [1.165, 1.54) is 66.8 Å². The molecule has 192 valence electrons. The highest BCUT2D eigenvalue weighted by atomic mass is 32.1. The Labute approximate surface area is 242 Å². The molecule has 40 heavy (non-hydrogen) atoms. The van der Waals surface area contributed by atoms with Gasteiger partial charge in [-0.25, -0.2) is 0 Å². The molecule has 7 rings (SSSR count). The number of hydrogen-bond donors (Lipinski definition) is 1. The Hall–Kier alpha value is -4.33. The van der Waals surface area contributed by atoms with E-state index in [2.05, 4.69) is 153 Å². The monoisotopic (exact) mass is 530 g/mol. The number of benzene rings is 6. The topological polar surface area (TPSA) is 0 Å². The molecule has 6 aromatic rings. The molecule has 0 N–H and O–H groups in total. The molecule has 0 atom stereocenters. The lowest BCUT2D eigenvalue weighted by molar-refractivity contribution is 0.675. The molecule has 1 heteroatoms. The van der Waals surface area contributed by atoms with E-state index in [4.69, 9.17) is 12.6 Å². The summed E-state index contributed by atoms with van der Waals surface area (Å²) in [4.78, 5) is 0. The van der Waals surface area contributed by atoms with Crippen LogP contribution < -0.4 is 0 Å². The first-order valence-corrected chi connectivity index (χ1v) is 14.5. The van der Waals surface area contributed by atoms with Crippen molar-refractivity contribution >= 4 is 12.6 Å². The minimum atomic E-state index is -0.159. The van der Waals surface area contributed by atoms with Crippen LogP contribution in [0.15, 0.2) is 146 Å². The van der Waals surface area contributed by atoms with Crippen LogP contribution in [-0.2, 0) is 5.41 Å². The Morgan fingerprint density at radius 1 is 0.400 bits per heavy atom. The quantitative estimate of drug-likeness (QED) is 0.211. The van der Waals surface area contributed by atoms with E-state index in [1.807, 2.05) is 0 Å². The van der Waals surface area contributed by atoms with Gasteiger partial charge in [0.2, 0.25) is 0 Å². The standard InChI is InChI=1S/C39H30S/c1-39(26-40)37-24-33(31-16-12-29(13-17-31)27-8-4-2-5-9-27)20-22-35(37)36-23-21-34(25-38(36)39)32-18-14-30(15-19-32)28-10-6-3-7-11-28/h2-25,40H,26H2,1H3. The Morgan fingerprint density at radius 3 is 1.05 bits per heavy atom. The molecule has 0 radical (unpaired) electrons. The summed E-state index contributed by atoms with van der Waals surface area (Å²) in [5.41, 5.74) is 15.1. The van der Waals surface area contributed by atoms with Crippen LogP contribution in [0.2, 0.25) is 0 Å². The van der Waals surface area contributed by atoms with Crippen molar-refractivity contribution in [2.24, 2.45) is 0 Å². The third-order valence-electron chi connectivity index (χ3n) is 8.49. The van der Waals surface area contributed by atoms with Crippen molar-refractivity contribution in [1.82, 2.24) is 0 Å². The van der Waals surface area contributed by atoms with E-state index < -0.39 is 0 Å². The zero-order chi connectivity index (χ0) is 27.1. The van der Waals surface area contributed by atoms with Gasteiger partial charge in [-0.15, -0.1) is 0 Å². The third kappa shape index (κ3) is 4.18. The first-order valence-electron chi connectivity index (χ1n) is 13.9. The SMILES string of the molecule is CC1(CS)c2cc(-c3ccc(-c4ccccc4)cc3)ccc2-c2ccc(-c3ccc(-c4ccccc4)cc3)cc21. The Balaban J connectivity index is 1.23. The lowest BCUT2D eigenvalue weighted by atomic mass is 9.80. The summed E-state index contributed by atoms with van der Waals surface area (Å²) in [6.45, 7) is 2.34. The van der Waals surface area contributed by atoms with Gasteiger partial charge in [0.15, 0.2) is 0 Å². The summed E-state index contributed by atoms with van der Waals surface area (Å²) in [6, 6.07) is 52.9. The van der Waals surface area contributed by atoms with Crippen LogP contribution in [0.5, 0.6) is 0 Å². The minimum Gasteiger partial charge on any atom is -0.178 e. The molecule has 0 heterocycles. The molecular weight excluding hydrogens is 500 g/mol. The first kappa shape index (κ1) is 24.7. The molecule has 0 bridgehead atoms. The molecule has 0 saturated heterocycles. The van der Waals surface area contributed by atoms with Gasteiger partial charge in [-0.2, -0.15) is 12.6 Å². The van der Waals surface area contributed by atoms with Gasteiger partial charge in [0.05, 0.1) is 0 Å². The van der Waals surface area contributed by atoms with Gasteiger partial charge in [-0.05, 0) is 78.9 Å². The fourth-order valence-corrected chi connectivity index (χ4v) is 6.46. The largest absolute Gasteiger partial charge is 0.178 e. The van der Waals surface area contributed by atoms with E-state index >= 15 is 0 Å². The Bertz CT molecular complexity index is 1670. The van der Waals surface area contributed by atoms with Crippen LogP contribution in [0.25, 0.3) is 55.6 Å². The summed E-state index contributed by atoms with van der Waals surface area (Å²) < 4.78 is 0. The molecule has 0 fully saturated rings. The third-order valence-corrected chi connectivity index (χ3v) is 9.12. The minimum absolute atomic E-state index is 0.159. The van der Waals surface area contributed by atoms with Gasteiger partial charge < -0.3 is 0 Å². The Morgan fingerprint density at radius 2 is 0.700 bits per heavy atom. The second-order valence-corrected chi connectivity index (χ2v) is 11.2. The molecule has 0 saturated carbocycles. The lowest BCUT2D eigenvalue weighted by Crippen LogP contribution is -2.22. The van der Waals surface area contributed by atoms with Crippen molar-refractivity contribution in [3.05, 3.63) is 157 Å². The van der Waals surface area contributed by atoms with Crippen LogP contribution >= 0.6 is 12.6 Å². The molecule has 0 amide bonds. The highest BCUT2D eigenvalue weighted by Gasteiger charge is 2.38. The fourth-order valence-electron chi connectivity index (χ4n) is 6.12. The van der Waals surface area contributed by atoms with E-state index in [0.29, 0.717) is 0 Å². The number of rotatable bonds is 5. The van der Waals surface area contributed by atoms with Crippen molar-refractivity contribution in [3.63, 3.8) is 0 Å². The molecule has 0 nitrogen and oxygen atoms in total. The van der Waals surface area contributed by atoms with Crippen molar-refractivity contribution in [2.45, 2.75) is 12.3 Å². The normalized spacial score (nSPS) is 13.1. The molecule has 0 spiro atoms. The summed E-state index contributed by atoms with van der Waals surface area (Å²) in [5, 5.41) is 0. The predicted molar refractivity (Wildman–Crippen MR) is 174 cm³/mol. The van der Waals surface area contributed by atoms with Crippen LogP contribution in [0.1, 0.15) is 18.1 Å². The maximum Gasteiger partial charge on any atom is 0.0275 e. The molecule has 0 unspecified atom stereocenters. The van der Waals surface area contributed by atoms with E-state index in [-0.39, 0.29) is 5.41 Å². The summed E-state index contributed by atoms with van der Waals surface area (Å²) in [6.07, 6.45) is 0. The van der Waals surface area contributed by atoms with Crippen LogP contribution in [0.3, 0.4) is 0 Å². The number of hydrogen-bond acceptors (Lipinski definition) is 1. The van der Waals surface area contributed by atoms with E-state index in [1.54, 1.807) is 0 Å². The van der Waals surface area contributed by atoms with Gasteiger partial charge in [-0.3, -0.25) is 0 Å². The number of thiol groups is 1. The van der Waals surface area contributed by atoms with Crippen LogP contribution in [-0.4, -0.2) is 5.75 Å². The summed E-state index contributed by atoms with van der Waals surface area (Å²) >= 11 is 4.90. The fraction of sp³-hybridized carbons (Fsp3) is 0.0769. The van der Waals surface area contributed by atoms with Crippen LogP contribution in [0.4, 0.5) is 0 Å². The van der Waals surface area contributed by atoms with Crippen molar-refractivity contribution < 1.29 is 0 Å². The Kier molecular flexibility index (Phi) is 6.18. The van der Waals surface area contributed by atoms with Gasteiger partial charge in [0.25, 0.3) is 0 Å². The summed E-state index contributed by atoms with van der Waals surface area (Å²) in [5.74, 6) is 0.750. The molecule has 0 aliphatic heterocycles. The highest BCUT2D eigenvalue weighted by molar-refractivity contribution is 7.80. The van der Waals surface area contributed by atoms with Crippen molar-refractivity contribution in [3.8, 4) is 55.6 Å². The molecule has 1 aliphatic carbocycles. The van der Waals surface area contributed by atoms with E-state index in [9.17, 15) is 0 Å². The molecule has 6 aromatic carbocycles. The molecular formula is C39H30S.